The number of nitrogens with two attached hydrogens (primary N) is 1. The zero-order valence-corrected chi connectivity index (χ0v) is 9.05. The van der Waals surface area contributed by atoms with Crippen LogP contribution in [-0.2, 0) is 0 Å². The molecule has 16 heavy (non-hydrogen) atoms. The zero-order chi connectivity index (χ0) is 11.5. The Hall–Kier alpha value is -1.16. The highest BCUT2D eigenvalue weighted by Gasteiger charge is 2.19. The van der Waals surface area contributed by atoms with Gasteiger partial charge in [0.05, 0.1) is 5.69 Å². The molecule has 0 radical (unpaired) electrons. The Morgan fingerprint density at radius 1 is 1.12 bits per heavy atom. The van der Waals surface area contributed by atoms with Crippen molar-refractivity contribution in [3.05, 3.63) is 29.8 Å². The van der Waals surface area contributed by atoms with Gasteiger partial charge in [0, 0.05) is 18.2 Å². The lowest BCUT2D eigenvalue weighted by molar-refractivity contribution is 0.410. The average Bonchev–Trinajstić information content (AvgIpc) is 2.25. The van der Waals surface area contributed by atoms with Crippen molar-refractivity contribution >= 4 is 5.69 Å². The molecule has 0 aliphatic heterocycles. The monoisotopic (exact) mass is 226 g/mol. The highest BCUT2D eigenvalue weighted by Crippen LogP contribution is 2.23. The van der Waals surface area contributed by atoms with Gasteiger partial charge in [0.25, 0.3) is 0 Å². The minimum atomic E-state index is -0.547. The Kier molecular flexibility index (Phi) is 3.39. The molecule has 1 aliphatic carbocycles. The summed E-state index contributed by atoms with van der Waals surface area (Å²) in [4.78, 5) is 0. The van der Waals surface area contributed by atoms with Gasteiger partial charge >= 0.3 is 0 Å². The fourth-order valence-electron chi connectivity index (χ4n) is 2.09. The Morgan fingerprint density at radius 2 is 1.81 bits per heavy atom. The molecule has 0 unspecified atom stereocenters. The fourth-order valence-corrected chi connectivity index (χ4v) is 2.09. The van der Waals surface area contributed by atoms with Crippen molar-refractivity contribution in [1.82, 2.24) is 0 Å². The van der Waals surface area contributed by atoms with Crippen molar-refractivity contribution in [3.8, 4) is 0 Å². The maximum absolute atomic E-state index is 13.4. The second kappa shape index (κ2) is 4.78. The van der Waals surface area contributed by atoms with E-state index >= 15 is 0 Å². The standard InChI is InChI=1S/C12H16F2N2/c13-8-1-6-12(11(14)7-8)16-10-4-2-9(15)3-5-10/h1,6-7,9-10,16H,2-5,15H2. The van der Waals surface area contributed by atoms with Crippen LogP contribution in [0.3, 0.4) is 0 Å². The van der Waals surface area contributed by atoms with E-state index in [1.165, 1.54) is 12.1 Å². The molecule has 88 valence electrons. The number of hydrogen-bond donors (Lipinski definition) is 2. The number of halogens is 2. The predicted molar refractivity (Wildman–Crippen MR) is 60.2 cm³/mol. The summed E-state index contributed by atoms with van der Waals surface area (Å²) in [6, 6.07) is 4.13. The molecule has 2 rings (SSSR count). The molecule has 0 heterocycles. The molecular formula is C12H16F2N2. The van der Waals surface area contributed by atoms with Gasteiger partial charge in [-0.2, -0.15) is 0 Å². The van der Waals surface area contributed by atoms with E-state index in [-0.39, 0.29) is 12.1 Å². The van der Waals surface area contributed by atoms with E-state index in [2.05, 4.69) is 5.32 Å². The van der Waals surface area contributed by atoms with Crippen LogP contribution >= 0.6 is 0 Å². The molecule has 0 bridgehead atoms. The Labute approximate surface area is 93.8 Å². The van der Waals surface area contributed by atoms with Crippen molar-refractivity contribution in [3.63, 3.8) is 0 Å². The third-order valence-corrected chi connectivity index (χ3v) is 3.06. The van der Waals surface area contributed by atoms with Crippen LogP contribution in [-0.4, -0.2) is 12.1 Å². The van der Waals surface area contributed by atoms with Gasteiger partial charge in [-0.3, -0.25) is 0 Å². The summed E-state index contributed by atoms with van der Waals surface area (Å²) in [6.07, 6.45) is 3.80. The Balaban J connectivity index is 1.98. The van der Waals surface area contributed by atoms with Gasteiger partial charge in [0.2, 0.25) is 0 Å². The third kappa shape index (κ3) is 2.70. The lowest BCUT2D eigenvalue weighted by Gasteiger charge is -2.27. The molecule has 1 aliphatic rings. The van der Waals surface area contributed by atoms with E-state index in [0.29, 0.717) is 5.69 Å². The topological polar surface area (TPSA) is 38.0 Å². The maximum atomic E-state index is 13.4. The molecule has 0 amide bonds. The van der Waals surface area contributed by atoms with Crippen LogP contribution in [0.25, 0.3) is 0 Å². The molecule has 1 aromatic carbocycles. The Bertz CT molecular complexity index is 360. The van der Waals surface area contributed by atoms with Crippen LogP contribution in [0.1, 0.15) is 25.7 Å². The first-order valence-electron chi connectivity index (χ1n) is 5.62. The van der Waals surface area contributed by atoms with Gasteiger partial charge < -0.3 is 11.1 Å². The van der Waals surface area contributed by atoms with Crippen LogP contribution in [0.4, 0.5) is 14.5 Å². The van der Waals surface area contributed by atoms with Gasteiger partial charge in [-0.1, -0.05) is 0 Å². The van der Waals surface area contributed by atoms with Crippen molar-refractivity contribution in [2.45, 2.75) is 37.8 Å². The normalized spacial score (nSPS) is 25.4. The quantitative estimate of drug-likeness (QED) is 0.813. The minimum absolute atomic E-state index is 0.250. The highest BCUT2D eigenvalue weighted by atomic mass is 19.1. The van der Waals surface area contributed by atoms with Crippen molar-refractivity contribution in [2.75, 3.05) is 5.32 Å². The molecule has 2 nitrogen and oxygen atoms in total. The fraction of sp³-hybridized carbons (Fsp3) is 0.500. The molecule has 1 fully saturated rings. The number of anilines is 1. The van der Waals surface area contributed by atoms with E-state index in [1.807, 2.05) is 0 Å². The summed E-state index contributed by atoms with van der Waals surface area (Å²) in [5.41, 5.74) is 6.17. The van der Waals surface area contributed by atoms with E-state index in [9.17, 15) is 8.78 Å². The molecule has 0 atom stereocenters. The number of rotatable bonds is 2. The van der Waals surface area contributed by atoms with E-state index in [1.54, 1.807) is 0 Å². The second-order valence-electron chi connectivity index (χ2n) is 4.38. The summed E-state index contributed by atoms with van der Waals surface area (Å²) in [5.74, 6) is -1.08. The molecule has 4 heteroatoms. The van der Waals surface area contributed by atoms with Gasteiger partial charge in [0.15, 0.2) is 0 Å². The van der Waals surface area contributed by atoms with Crippen LogP contribution in [0.15, 0.2) is 18.2 Å². The number of nitrogens with one attached hydrogen (secondary N) is 1. The van der Waals surface area contributed by atoms with Gasteiger partial charge in [-0.25, -0.2) is 8.78 Å². The van der Waals surface area contributed by atoms with Crippen LogP contribution in [0, 0.1) is 11.6 Å². The predicted octanol–water partition coefficient (Wildman–Crippen LogP) is 2.65. The summed E-state index contributed by atoms with van der Waals surface area (Å²) >= 11 is 0. The minimum Gasteiger partial charge on any atom is -0.380 e. The second-order valence-corrected chi connectivity index (χ2v) is 4.38. The maximum Gasteiger partial charge on any atom is 0.149 e. The van der Waals surface area contributed by atoms with E-state index in [4.69, 9.17) is 5.73 Å². The number of benzene rings is 1. The lowest BCUT2D eigenvalue weighted by atomic mass is 9.91. The van der Waals surface area contributed by atoms with Gasteiger partial charge in [-0.05, 0) is 37.8 Å². The van der Waals surface area contributed by atoms with Gasteiger partial charge in [0.1, 0.15) is 11.6 Å². The Morgan fingerprint density at radius 3 is 2.44 bits per heavy atom. The smallest absolute Gasteiger partial charge is 0.149 e. The van der Waals surface area contributed by atoms with Crippen molar-refractivity contribution in [1.29, 1.82) is 0 Å². The third-order valence-electron chi connectivity index (χ3n) is 3.06. The van der Waals surface area contributed by atoms with E-state index < -0.39 is 11.6 Å². The average molecular weight is 226 g/mol. The summed E-state index contributed by atoms with van der Waals surface area (Å²) in [7, 11) is 0. The highest BCUT2D eigenvalue weighted by molar-refractivity contribution is 5.45. The summed E-state index contributed by atoms with van der Waals surface area (Å²) in [5, 5.41) is 3.10. The van der Waals surface area contributed by atoms with Gasteiger partial charge in [-0.15, -0.1) is 0 Å². The van der Waals surface area contributed by atoms with Crippen LogP contribution in [0.5, 0.6) is 0 Å². The first kappa shape index (κ1) is 11.3. The molecule has 0 spiro atoms. The van der Waals surface area contributed by atoms with Crippen LogP contribution in [0.2, 0.25) is 0 Å². The molecule has 3 N–H and O–H groups in total. The molecule has 1 saturated carbocycles. The zero-order valence-electron chi connectivity index (χ0n) is 9.05. The first-order chi connectivity index (χ1) is 7.65. The molecule has 1 aromatic rings. The summed E-state index contributed by atoms with van der Waals surface area (Å²) < 4.78 is 26.0. The number of hydrogen-bond acceptors (Lipinski definition) is 2. The van der Waals surface area contributed by atoms with Crippen molar-refractivity contribution in [2.24, 2.45) is 5.73 Å². The SMILES string of the molecule is NC1CCC(Nc2ccc(F)cc2F)CC1. The first-order valence-corrected chi connectivity index (χ1v) is 5.62. The largest absolute Gasteiger partial charge is 0.380 e. The van der Waals surface area contributed by atoms with E-state index in [0.717, 1.165) is 31.7 Å². The molecular weight excluding hydrogens is 210 g/mol. The lowest BCUT2D eigenvalue weighted by Crippen LogP contribution is -2.33. The molecule has 0 saturated heterocycles. The molecule has 0 aromatic heterocycles. The van der Waals surface area contributed by atoms with Crippen LogP contribution < -0.4 is 11.1 Å². The summed E-state index contributed by atoms with van der Waals surface area (Å²) in [6.45, 7) is 0. The van der Waals surface area contributed by atoms with Crippen molar-refractivity contribution < 1.29 is 8.78 Å².